The zero-order valence-electron chi connectivity index (χ0n) is 11.1. The second-order valence-electron chi connectivity index (χ2n) is 4.24. The number of nitrogens with two attached hydrogens (primary N) is 1. The van der Waals surface area contributed by atoms with Crippen LogP contribution in [0.15, 0.2) is 34.0 Å². The predicted octanol–water partition coefficient (Wildman–Crippen LogP) is 0.607. The summed E-state index contributed by atoms with van der Waals surface area (Å²) in [7, 11) is 1.24. The summed E-state index contributed by atoms with van der Waals surface area (Å²) in [5.74, 6) is -0.605. The minimum absolute atomic E-state index is 0.0187. The van der Waals surface area contributed by atoms with Gasteiger partial charge in [0.1, 0.15) is 5.02 Å². The van der Waals surface area contributed by atoms with Crippen molar-refractivity contribution in [3.05, 3.63) is 61.4 Å². The summed E-state index contributed by atoms with van der Waals surface area (Å²) in [6.45, 7) is 0.0187. The van der Waals surface area contributed by atoms with Crippen LogP contribution in [0.2, 0.25) is 5.02 Å². The summed E-state index contributed by atoms with van der Waals surface area (Å²) in [6.07, 6.45) is 1.20. The van der Waals surface area contributed by atoms with Gasteiger partial charge in [-0.15, -0.1) is 0 Å². The van der Waals surface area contributed by atoms with E-state index in [2.05, 4.69) is 9.72 Å². The number of aromatic nitrogens is 2. The predicted molar refractivity (Wildman–Crippen MR) is 77.6 cm³/mol. The van der Waals surface area contributed by atoms with Crippen molar-refractivity contribution in [2.24, 2.45) is 0 Å². The van der Waals surface area contributed by atoms with Gasteiger partial charge in [-0.2, -0.15) is 0 Å². The quantitative estimate of drug-likeness (QED) is 0.638. The van der Waals surface area contributed by atoms with Crippen LogP contribution < -0.4 is 17.0 Å². The fraction of sp³-hybridized carbons (Fsp3) is 0.154. The smallest absolute Gasteiger partial charge is 0.340 e. The SMILES string of the molecule is COC(=O)c1c(N)cccc1Cn1cc(Cl)c(=O)[nH]c1=O. The Morgan fingerprint density at radius 1 is 1.43 bits per heavy atom. The van der Waals surface area contributed by atoms with E-state index < -0.39 is 17.2 Å². The number of anilines is 1. The van der Waals surface area contributed by atoms with E-state index in [-0.39, 0.29) is 22.8 Å². The minimum atomic E-state index is -0.668. The molecule has 110 valence electrons. The Morgan fingerprint density at radius 3 is 2.81 bits per heavy atom. The van der Waals surface area contributed by atoms with Crippen molar-refractivity contribution in [2.45, 2.75) is 6.54 Å². The van der Waals surface area contributed by atoms with E-state index in [1.807, 2.05) is 0 Å². The Bertz CT molecular complexity index is 810. The molecule has 8 heteroatoms. The van der Waals surface area contributed by atoms with Crippen molar-refractivity contribution >= 4 is 23.3 Å². The van der Waals surface area contributed by atoms with E-state index in [1.165, 1.54) is 17.9 Å². The first-order valence-corrected chi connectivity index (χ1v) is 6.26. The van der Waals surface area contributed by atoms with Gasteiger partial charge >= 0.3 is 11.7 Å². The monoisotopic (exact) mass is 309 g/mol. The molecule has 21 heavy (non-hydrogen) atoms. The first kappa shape index (κ1) is 14.9. The molecule has 0 spiro atoms. The molecule has 0 amide bonds. The molecule has 0 fully saturated rings. The topological polar surface area (TPSA) is 107 Å². The highest BCUT2D eigenvalue weighted by molar-refractivity contribution is 6.30. The molecule has 2 aromatic rings. The largest absolute Gasteiger partial charge is 0.465 e. The van der Waals surface area contributed by atoms with Crippen LogP contribution in [0.4, 0.5) is 5.69 Å². The Kier molecular flexibility index (Phi) is 4.13. The number of nitrogens with one attached hydrogen (secondary N) is 1. The standard InChI is InChI=1S/C13H12ClN3O4/c1-21-12(19)10-7(3-2-4-9(10)15)5-17-6-8(14)11(18)16-13(17)20/h2-4,6H,5,15H2,1H3,(H,16,18,20). The maximum Gasteiger partial charge on any atom is 0.340 e. The summed E-state index contributed by atoms with van der Waals surface area (Å²) < 4.78 is 5.85. The third kappa shape index (κ3) is 2.97. The van der Waals surface area contributed by atoms with Crippen LogP contribution in [0, 0.1) is 0 Å². The lowest BCUT2D eigenvalue weighted by molar-refractivity contribution is 0.0600. The van der Waals surface area contributed by atoms with Gasteiger partial charge in [-0.3, -0.25) is 14.3 Å². The van der Waals surface area contributed by atoms with Gasteiger partial charge in [-0.25, -0.2) is 9.59 Å². The number of nitrogens with zero attached hydrogens (tertiary/aromatic N) is 1. The lowest BCUT2D eigenvalue weighted by Gasteiger charge is -2.11. The zero-order valence-corrected chi connectivity index (χ0v) is 11.8. The van der Waals surface area contributed by atoms with Gasteiger partial charge in [0.15, 0.2) is 0 Å². The number of aromatic amines is 1. The Hall–Kier alpha value is -2.54. The van der Waals surface area contributed by atoms with E-state index in [0.717, 1.165) is 0 Å². The molecule has 0 aliphatic rings. The Balaban J connectivity index is 2.53. The highest BCUT2D eigenvalue weighted by Crippen LogP contribution is 2.19. The molecular formula is C13H12ClN3O4. The Morgan fingerprint density at radius 2 is 2.14 bits per heavy atom. The molecule has 0 unspecified atom stereocenters. The molecule has 0 bridgehead atoms. The van der Waals surface area contributed by atoms with E-state index in [4.69, 9.17) is 17.3 Å². The number of hydrogen-bond donors (Lipinski definition) is 2. The second kappa shape index (κ2) is 5.84. The lowest BCUT2D eigenvalue weighted by atomic mass is 10.1. The number of rotatable bonds is 3. The lowest BCUT2D eigenvalue weighted by Crippen LogP contribution is -2.30. The maximum absolute atomic E-state index is 11.8. The van der Waals surface area contributed by atoms with Crippen molar-refractivity contribution in [1.29, 1.82) is 0 Å². The minimum Gasteiger partial charge on any atom is -0.465 e. The number of nitrogen functional groups attached to an aromatic ring is 1. The molecule has 0 radical (unpaired) electrons. The van der Waals surface area contributed by atoms with Crippen LogP contribution in [-0.4, -0.2) is 22.6 Å². The average Bonchev–Trinajstić information content (AvgIpc) is 2.44. The third-order valence-corrected chi connectivity index (χ3v) is 3.15. The number of carbonyl (C=O) groups excluding carboxylic acids is 1. The first-order valence-electron chi connectivity index (χ1n) is 5.89. The number of H-pyrrole nitrogens is 1. The first-order chi connectivity index (χ1) is 9.93. The number of halogens is 1. The van der Waals surface area contributed by atoms with Gasteiger partial charge in [-0.05, 0) is 11.6 Å². The van der Waals surface area contributed by atoms with Gasteiger partial charge in [0, 0.05) is 11.9 Å². The number of carbonyl (C=O) groups is 1. The molecule has 7 nitrogen and oxygen atoms in total. The van der Waals surface area contributed by atoms with Crippen molar-refractivity contribution in [1.82, 2.24) is 9.55 Å². The highest BCUT2D eigenvalue weighted by atomic mass is 35.5. The summed E-state index contributed by atoms with van der Waals surface area (Å²) >= 11 is 5.69. The van der Waals surface area contributed by atoms with Crippen molar-refractivity contribution in [2.75, 3.05) is 12.8 Å². The molecule has 0 saturated carbocycles. The molecule has 0 aliphatic heterocycles. The highest BCUT2D eigenvalue weighted by Gasteiger charge is 2.16. The van der Waals surface area contributed by atoms with Crippen molar-refractivity contribution in [3.8, 4) is 0 Å². The van der Waals surface area contributed by atoms with Crippen LogP contribution in [-0.2, 0) is 11.3 Å². The van der Waals surface area contributed by atoms with E-state index >= 15 is 0 Å². The molecule has 3 N–H and O–H groups in total. The van der Waals surface area contributed by atoms with Crippen LogP contribution >= 0.6 is 11.6 Å². The van der Waals surface area contributed by atoms with Gasteiger partial charge in [0.05, 0.1) is 19.2 Å². The fourth-order valence-electron chi connectivity index (χ4n) is 1.89. The van der Waals surface area contributed by atoms with E-state index in [9.17, 15) is 14.4 Å². The summed E-state index contributed by atoms with van der Waals surface area (Å²) in [4.78, 5) is 36.8. The molecule has 0 atom stereocenters. The Labute approximate surface area is 123 Å². The van der Waals surface area contributed by atoms with Crippen LogP contribution in [0.1, 0.15) is 15.9 Å². The zero-order chi connectivity index (χ0) is 15.6. The molecule has 0 aliphatic carbocycles. The van der Waals surface area contributed by atoms with Crippen LogP contribution in [0.3, 0.4) is 0 Å². The summed E-state index contributed by atoms with van der Waals surface area (Å²) in [6, 6.07) is 4.84. The fourth-order valence-corrected chi connectivity index (χ4v) is 2.05. The average molecular weight is 310 g/mol. The molecule has 0 saturated heterocycles. The molecule has 1 aromatic heterocycles. The molecular weight excluding hydrogens is 298 g/mol. The summed E-state index contributed by atoms with van der Waals surface area (Å²) in [5.41, 5.74) is 5.36. The summed E-state index contributed by atoms with van der Waals surface area (Å²) in [5, 5.41) is -0.127. The number of ether oxygens (including phenoxy) is 1. The number of esters is 1. The van der Waals surface area contributed by atoms with Crippen LogP contribution in [0.25, 0.3) is 0 Å². The van der Waals surface area contributed by atoms with Gasteiger partial charge < -0.3 is 10.5 Å². The molecule has 1 heterocycles. The van der Waals surface area contributed by atoms with Gasteiger partial charge in [0.2, 0.25) is 0 Å². The van der Waals surface area contributed by atoms with Gasteiger partial charge in [-0.1, -0.05) is 23.7 Å². The van der Waals surface area contributed by atoms with Gasteiger partial charge in [0.25, 0.3) is 5.56 Å². The number of benzene rings is 1. The third-order valence-electron chi connectivity index (χ3n) is 2.88. The molecule has 2 rings (SSSR count). The second-order valence-corrected chi connectivity index (χ2v) is 4.64. The number of methoxy groups -OCH3 is 1. The van der Waals surface area contributed by atoms with E-state index in [1.54, 1.807) is 18.2 Å². The van der Waals surface area contributed by atoms with Crippen LogP contribution in [0.5, 0.6) is 0 Å². The van der Waals surface area contributed by atoms with Crippen molar-refractivity contribution in [3.63, 3.8) is 0 Å². The normalized spacial score (nSPS) is 10.4. The van der Waals surface area contributed by atoms with E-state index in [0.29, 0.717) is 5.56 Å². The number of hydrogen-bond acceptors (Lipinski definition) is 5. The van der Waals surface area contributed by atoms with Crippen molar-refractivity contribution < 1.29 is 9.53 Å². The molecule has 1 aromatic carbocycles. The maximum atomic E-state index is 11.8.